The Bertz CT molecular complexity index is 841. The summed E-state index contributed by atoms with van der Waals surface area (Å²) < 4.78 is 12.5. The molecule has 3 aromatic rings. The molecule has 0 aromatic heterocycles. The van der Waals surface area contributed by atoms with Gasteiger partial charge in [0.05, 0.1) is 0 Å². The van der Waals surface area contributed by atoms with E-state index in [0.29, 0.717) is 0 Å². The largest absolute Gasteiger partial charge is 0.207 e. The standard InChI is InChI=1S/2C12H18.C11H15F.2C2H6/c1-3-4-5-8-12-9-6-7-11(2)10-12;1-3-4-5-6-12-9-7-11(2)8-10-12;1-2-3-4-5-10-6-8-11(12)9-7-10;2*1-2/h6-7,9-10H,3-5,8H2,1-2H3;7-10H,3-6H2,1-2H3;6-9H,2-5H2,1H3;2*1-2H3. The summed E-state index contributed by atoms with van der Waals surface area (Å²) >= 11 is 0. The van der Waals surface area contributed by atoms with Crippen molar-refractivity contribution in [1.82, 2.24) is 0 Å². The lowest BCUT2D eigenvalue weighted by molar-refractivity contribution is 0.626. The van der Waals surface area contributed by atoms with Crippen molar-refractivity contribution in [3.05, 3.63) is 106 Å². The summed E-state index contributed by atoms with van der Waals surface area (Å²) in [5.41, 5.74) is 6.94. The van der Waals surface area contributed by atoms with Crippen LogP contribution in [0.25, 0.3) is 0 Å². The van der Waals surface area contributed by atoms with Crippen LogP contribution in [0.3, 0.4) is 0 Å². The summed E-state index contributed by atoms with van der Waals surface area (Å²) in [7, 11) is 0. The van der Waals surface area contributed by atoms with Gasteiger partial charge < -0.3 is 0 Å². The molecule has 226 valence electrons. The second-order valence-electron chi connectivity index (χ2n) is 9.97. The number of hydrogen-bond acceptors (Lipinski definition) is 0. The minimum atomic E-state index is -0.144. The van der Waals surface area contributed by atoms with Crippen molar-refractivity contribution in [3.8, 4) is 0 Å². The third-order valence-electron chi connectivity index (χ3n) is 6.32. The number of hydrogen-bond donors (Lipinski definition) is 0. The summed E-state index contributed by atoms with van der Waals surface area (Å²) in [5.74, 6) is -0.144. The van der Waals surface area contributed by atoms with Gasteiger partial charge in [-0.2, -0.15) is 0 Å². The number of unbranched alkanes of at least 4 members (excludes halogenated alkanes) is 6. The predicted molar refractivity (Wildman–Crippen MR) is 181 cm³/mol. The maximum atomic E-state index is 12.5. The lowest BCUT2D eigenvalue weighted by Crippen LogP contribution is -1.85. The molecule has 0 nitrogen and oxygen atoms in total. The molecule has 0 aliphatic carbocycles. The third kappa shape index (κ3) is 23.5. The Labute approximate surface area is 249 Å². The van der Waals surface area contributed by atoms with Gasteiger partial charge in [-0.25, -0.2) is 4.39 Å². The molecule has 3 rings (SSSR count). The lowest BCUT2D eigenvalue weighted by Gasteiger charge is -2.00. The Morgan fingerprint density at radius 2 is 0.850 bits per heavy atom. The van der Waals surface area contributed by atoms with E-state index in [4.69, 9.17) is 0 Å². The summed E-state index contributed by atoms with van der Waals surface area (Å²) in [4.78, 5) is 0. The van der Waals surface area contributed by atoms with E-state index in [2.05, 4.69) is 83.1 Å². The second-order valence-corrected chi connectivity index (χ2v) is 9.97. The van der Waals surface area contributed by atoms with Crippen LogP contribution in [0.4, 0.5) is 4.39 Å². The van der Waals surface area contributed by atoms with Gasteiger partial charge in [-0.3, -0.25) is 0 Å². The highest BCUT2D eigenvalue weighted by Gasteiger charge is 1.94. The Balaban J connectivity index is 0. The summed E-state index contributed by atoms with van der Waals surface area (Å²) in [6.45, 7) is 19.0. The van der Waals surface area contributed by atoms with Gasteiger partial charge >= 0.3 is 0 Å². The highest BCUT2D eigenvalue weighted by molar-refractivity contribution is 5.22. The van der Waals surface area contributed by atoms with Crippen molar-refractivity contribution in [1.29, 1.82) is 0 Å². The average molecular weight is 551 g/mol. The zero-order chi connectivity index (χ0) is 30.4. The zero-order valence-corrected chi connectivity index (χ0v) is 27.8. The highest BCUT2D eigenvalue weighted by atomic mass is 19.1. The van der Waals surface area contributed by atoms with Gasteiger partial charge in [0.25, 0.3) is 0 Å². The third-order valence-corrected chi connectivity index (χ3v) is 6.32. The molecule has 0 aliphatic rings. The molecular formula is C39H63F. The Kier molecular flexibility index (Phi) is 29.4. The summed E-state index contributed by atoms with van der Waals surface area (Å²) in [6, 6.07) is 24.5. The van der Waals surface area contributed by atoms with Crippen LogP contribution < -0.4 is 0 Å². The Hall–Kier alpha value is -2.41. The van der Waals surface area contributed by atoms with Crippen LogP contribution in [0.1, 0.15) is 134 Å². The van der Waals surface area contributed by atoms with Crippen LogP contribution in [-0.2, 0) is 19.3 Å². The molecule has 0 fully saturated rings. The first kappa shape index (κ1) is 39.7. The summed E-state index contributed by atoms with van der Waals surface area (Å²) in [6.07, 6.45) is 15.3. The molecule has 0 saturated carbocycles. The molecule has 1 heteroatoms. The molecule has 0 unspecified atom stereocenters. The first-order valence-electron chi connectivity index (χ1n) is 16.3. The smallest absolute Gasteiger partial charge is 0.123 e. The van der Waals surface area contributed by atoms with E-state index in [0.717, 1.165) is 6.42 Å². The minimum Gasteiger partial charge on any atom is -0.207 e. The van der Waals surface area contributed by atoms with Gasteiger partial charge in [-0.1, -0.05) is 159 Å². The van der Waals surface area contributed by atoms with Crippen LogP contribution in [0.5, 0.6) is 0 Å². The molecule has 0 atom stereocenters. The van der Waals surface area contributed by atoms with E-state index in [9.17, 15) is 4.39 Å². The Morgan fingerprint density at radius 3 is 1.25 bits per heavy atom. The molecule has 0 amide bonds. The van der Waals surface area contributed by atoms with E-state index in [1.807, 2.05) is 39.8 Å². The van der Waals surface area contributed by atoms with Gasteiger partial charge in [0.15, 0.2) is 0 Å². The normalized spacial score (nSPS) is 9.45. The fourth-order valence-electron chi connectivity index (χ4n) is 4.01. The predicted octanol–water partition coefficient (Wildman–Crippen LogP) is 13.1. The van der Waals surface area contributed by atoms with Crippen molar-refractivity contribution in [3.63, 3.8) is 0 Å². The molecular weight excluding hydrogens is 487 g/mol. The first-order chi connectivity index (χ1) is 19.5. The number of halogens is 1. The van der Waals surface area contributed by atoms with Gasteiger partial charge in [-0.05, 0) is 81.2 Å². The molecule has 0 radical (unpaired) electrons. The quantitative estimate of drug-likeness (QED) is 0.197. The fourth-order valence-corrected chi connectivity index (χ4v) is 4.01. The molecule has 40 heavy (non-hydrogen) atoms. The maximum absolute atomic E-state index is 12.5. The summed E-state index contributed by atoms with van der Waals surface area (Å²) in [5, 5.41) is 0. The SMILES string of the molecule is CC.CC.CCCCCc1ccc(C)cc1.CCCCCc1ccc(F)cc1.CCCCCc1cccc(C)c1. The van der Waals surface area contributed by atoms with E-state index >= 15 is 0 Å². The molecule has 0 bridgehead atoms. The molecule has 0 N–H and O–H groups in total. The second kappa shape index (κ2) is 29.6. The molecule has 0 heterocycles. The van der Waals surface area contributed by atoms with Crippen molar-refractivity contribution >= 4 is 0 Å². The minimum absolute atomic E-state index is 0.144. The van der Waals surface area contributed by atoms with Crippen LogP contribution in [0, 0.1) is 19.7 Å². The topological polar surface area (TPSA) is 0 Å². The number of benzene rings is 3. The highest BCUT2D eigenvalue weighted by Crippen LogP contribution is 2.10. The van der Waals surface area contributed by atoms with Crippen molar-refractivity contribution in [2.75, 3.05) is 0 Å². The van der Waals surface area contributed by atoms with Crippen molar-refractivity contribution < 1.29 is 4.39 Å². The van der Waals surface area contributed by atoms with Gasteiger partial charge in [0.1, 0.15) is 5.82 Å². The fraction of sp³-hybridized carbons (Fsp3) is 0.538. The average Bonchev–Trinajstić information content (AvgIpc) is 2.98. The van der Waals surface area contributed by atoms with E-state index in [1.165, 1.54) is 111 Å². The van der Waals surface area contributed by atoms with Crippen LogP contribution in [-0.4, -0.2) is 0 Å². The first-order valence-corrected chi connectivity index (χ1v) is 16.3. The van der Waals surface area contributed by atoms with E-state index in [-0.39, 0.29) is 5.82 Å². The van der Waals surface area contributed by atoms with Crippen molar-refractivity contribution in [2.45, 2.75) is 139 Å². The van der Waals surface area contributed by atoms with E-state index < -0.39 is 0 Å². The molecule has 3 aromatic carbocycles. The van der Waals surface area contributed by atoms with Crippen LogP contribution in [0.15, 0.2) is 72.8 Å². The van der Waals surface area contributed by atoms with Gasteiger partial charge in [0.2, 0.25) is 0 Å². The maximum Gasteiger partial charge on any atom is 0.123 e. The molecule has 0 aliphatic heterocycles. The van der Waals surface area contributed by atoms with Crippen molar-refractivity contribution in [2.24, 2.45) is 0 Å². The van der Waals surface area contributed by atoms with Crippen LogP contribution in [0.2, 0.25) is 0 Å². The molecule has 0 saturated heterocycles. The van der Waals surface area contributed by atoms with Gasteiger partial charge in [-0.15, -0.1) is 0 Å². The zero-order valence-electron chi connectivity index (χ0n) is 27.8. The number of aryl methyl sites for hydroxylation is 5. The lowest BCUT2D eigenvalue weighted by atomic mass is 10.1. The van der Waals surface area contributed by atoms with E-state index in [1.54, 1.807) is 0 Å². The number of rotatable bonds is 12. The van der Waals surface area contributed by atoms with Gasteiger partial charge in [0, 0.05) is 0 Å². The monoisotopic (exact) mass is 550 g/mol. The van der Waals surface area contributed by atoms with Crippen LogP contribution >= 0.6 is 0 Å². The molecule has 0 spiro atoms. The Morgan fingerprint density at radius 1 is 0.450 bits per heavy atom.